The zero-order valence-electron chi connectivity index (χ0n) is 16.2. The molecule has 0 aliphatic carbocycles. The van der Waals surface area contributed by atoms with Crippen LogP contribution in [-0.2, 0) is 10.0 Å². The lowest BCUT2D eigenvalue weighted by atomic mass is 10.0. The summed E-state index contributed by atoms with van der Waals surface area (Å²) in [6.07, 6.45) is 1.54. The lowest BCUT2D eigenvalue weighted by molar-refractivity contribution is 0.461. The van der Waals surface area contributed by atoms with E-state index in [4.69, 9.17) is 10.00 Å². The molecule has 0 unspecified atom stereocenters. The lowest BCUT2D eigenvalue weighted by Gasteiger charge is -2.16. The predicted octanol–water partition coefficient (Wildman–Crippen LogP) is 4.60. The number of rotatable bonds is 7. The van der Waals surface area contributed by atoms with Crippen LogP contribution in [0.1, 0.15) is 29.5 Å². The van der Waals surface area contributed by atoms with E-state index in [0.29, 0.717) is 22.6 Å². The first-order valence-corrected chi connectivity index (χ1v) is 10.7. The monoisotopic (exact) mass is 407 g/mol. The normalized spacial score (nSPS) is 12.0. The number of hydrogen-bond donors (Lipinski definition) is 1. The summed E-state index contributed by atoms with van der Waals surface area (Å²) in [4.78, 5) is 4.06. The van der Waals surface area contributed by atoms with Crippen LogP contribution >= 0.6 is 0 Å². The molecule has 0 aliphatic rings. The van der Waals surface area contributed by atoms with Gasteiger partial charge in [0.2, 0.25) is 15.9 Å². The third kappa shape index (κ3) is 5.33. The number of pyridine rings is 1. The Balaban J connectivity index is 1.72. The van der Waals surface area contributed by atoms with Crippen molar-refractivity contribution in [2.24, 2.45) is 0 Å². The van der Waals surface area contributed by atoms with Gasteiger partial charge in [-0.05, 0) is 54.3 Å². The fourth-order valence-electron chi connectivity index (χ4n) is 2.90. The van der Waals surface area contributed by atoms with Crippen LogP contribution in [-0.4, -0.2) is 19.2 Å². The Bertz CT molecular complexity index is 1140. The van der Waals surface area contributed by atoms with E-state index in [9.17, 15) is 8.42 Å². The van der Waals surface area contributed by atoms with Gasteiger partial charge in [-0.2, -0.15) is 5.26 Å². The fraction of sp³-hybridized carbons (Fsp3) is 0.182. The van der Waals surface area contributed by atoms with Gasteiger partial charge >= 0.3 is 0 Å². The third-order valence-electron chi connectivity index (χ3n) is 4.41. The predicted molar refractivity (Wildman–Crippen MR) is 112 cm³/mol. The highest BCUT2D eigenvalue weighted by Gasteiger charge is 2.18. The summed E-state index contributed by atoms with van der Waals surface area (Å²) in [5, 5.41) is 9.13. The second kappa shape index (κ2) is 8.76. The van der Waals surface area contributed by atoms with Gasteiger partial charge in [0.05, 0.1) is 11.4 Å². The molecule has 1 aromatic heterocycles. The summed E-state index contributed by atoms with van der Waals surface area (Å²) < 4.78 is 33.5. The van der Waals surface area contributed by atoms with Crippen LogP contribution < -0.4 is 9.46 Å². The SMILES string of the molecule is Cc1cc(Oc2ncccc2C#N)ccc1NS(=O)(=O)C[C@H](C)c1ccccc1. The Labute approximate surface area is 170 Å². The molecule has 0 spiro atoms. The van der Waals surface area contributed by atoms with Gasteiger partial charge in [-0.15, -0.1) is 0 Å². The van der Waals surface area contributed by atoms with Crippen molar-refractivity contribution in [3.05, 3.63) is 83.6 Å². The largest absolute Gasteiger partial charge is 0.438 e. The third-order valence-corrected chi connectivity index (χ3v) is 5.88. The topological polar surface area (TPSA) is 92.1 Å². The van der Waals surface area contributed by atoms with Crippen molar-refractivity contribution in [2.75, 3.05) is 10.5 Å². The van der Waals surface area contributed by atoms with Gasteiger partial charge < -0.3 is 4.74 Å². The van der Waals surface area contributed by atoms with Crippen LogP contribution in [0.15, 0.2) is 66.9 Å². The summed E-state index contributed by atoms with van der Waals surface area (Å²) in [5.41, 5.74) is 2.49. The first-order valence-electron chi connectivity index (χ1n) is 9.07. The minimum Gasteiger partial charge on any atom is -0.438 e. The number of aromatic nitrogens is 1. The summed E-state index contributed by atoms with van der Waals surface area (Å²) in [6, 6.07) is 19.8. The summed E-state index contributed by atoms with van der Waals surface area (Å²) >= 11 is 0. The molecule has 0 bridgehead atoms. The maximum absolute atomic E-state index is 12.6. The minimum absolute atomic E-state index is 0.0197. The molecule has 6 nitrogen and oxygen atoms in total. The summed E-state index contributed by atoms with van der Waals surface area (Å²) in [6.45, 7) is 3.67. The maximum Gasteiger partial charge on any atom is 0.237 e. The van der Waals surface area contributed by atoms with Crippen LogP contribution in [0.2, 0.25) is 0 Å². The molecule has 0 radical (unpaired) electrons. The average molecular weight is 407 g/mol. The minimum atomic E-state index is -3.53. The molecule has 3 rings (SSSR count). The number of aryl methyl sites for hydroxylation is 1. The van der Waals surface area contributed by atoms with Crippen molar-refractivity contribution in [1.29, 1.82) is 5.26 Å². The molecule has 1 atom stereocenters. The zero-order chi connectivity index (χ0) is 20.9. The molecular formula is C22H21N3O3S. The molecular weight excluding hydrogens is 386 g/mol. The van der Waals surface area contributed by atoms with Crippen LogP contribution in [0.5, 0.6) is 11.6 Å². The van der Waals surface area contributed by atoms with Gasteiger partial charge in [0.25, 0.3) is 0 Å². The van der Waals surface area contributed by atoms with Crippen LogP contribution in [0.4, 0.5) is 5.69 Å². The number of hydrogen-bond acceptors (Lipinski definition) is 5. The zero-order valence-corrected chi connectivity index (χ0v) is 17.0. The number of ether oxygens (including phenoxy) is 1. The Morgan fingerprint density at radius 1 is 1.14 bits per heavy atom. The van der Waals surface area contributed by atoms with E-state index in [1.54, 1.807) is 43.5 Å². The molecule has 148 valence electrons. The van der Waals surface area contributed by atoms with Crippen molar-refractivity contribution < 1.29 is 13.2 Å². The van der Waals surface area contributed by atoms with Gasteiger partial charge in [-0.1, -0.05) is 37.3 Å². The number of benzene rings is 2. The van der Waals surface area contributed by atoms with Crippen molar-refractivity contribution in [3.63, 3.8) is 0 Å². The van der Waals surface area contributed by atoms with Crippen LogP contribution in [0, 0.1) is 18.3 Å². The second-order valence-corrected chi connectivity index (χ2v) is 8.51. The molecule has 0 amide bonds. The molecule has 0 saturated heterocycles. The first kappa shape index (κ1) is 20.4. The Hall–Kier alpha value is -3.37. The molecule has 0 fully saturated rings. The Morgan fingerprint density at radius 2 is 1.90 bits per heavy atom. The molecule has 1 N–H and O–H groups in total. The molecule has 3 aromatic rings. The van der Waals surface area contributed by atoms with Gasteiger partial charge in [0.15, 0.2) is 0 Å². The van der Waals surface area contributed by atoms with E-state index >= 15 is 0 Å². The van der Waals surface area contributed by atoms with E-state index in [2.05, 4.69) is 9.71 Å². The van der Waals surface area contributed by atoms with E-state index in [1.807, 2.05) is 43.3 Å². The van der Waals surface area contributed by atoms with E-state index < -0.39 is 10.0 Å². The van der Waals surface area contributed by atoms with Crippen molar-refractivity contribution in [2.45, 2.75) is 19.8 Å². The molecule has 2 aromatic carbocycles. The Morgan fingerprint density at radius 3 is 2.59 bits per heavy atom. The molecule has 0 saturated carbocycles. The van der Waals surface area contributed by atoms with E-state index in [0.717, 1.165) is 5.56 Å². The highest BCUT2D eigenvalue weighted by molar-refractivity contribution is 7.92. The molecule has 0 aliphatic heterocycles. The highest BCUT2D eigenvalue weighted by Crippen LogP contribution is 2.28. The summed E-state index contributed by atoms with van der Waals surface area (Å²) in [7, 11) is -3.53. The number of sulfonamides is 1. The van der Waals surface area contributed by atoms with Gasteiger partial charge in [-0.3, -0.25) is 4.72 Å². The van der Waals surface area contributed by atoms with E-state index in [1.165, 1.54) is 0 Å². The first-order chi connectivity index (χ1) is 13.9. The van der Waals surface area contributed by atoms with Crippen molar-refractivity contribution >= 4 is 15.7 Å². The molecule has 29 heavy (non-hydrogen) atoms. The van der Waals surface area contributed by atoms with Crippen molar-refractivity contribution in [1.82, 2.24) is 4.98 Å². The second-order valence-electron chi connectivity index (χ2n) is 6.74. The maximum atomic E-state index is 12.6. The molecule has 7 heteroatoms. The number of nitrogens with zero attached hydrogens (tertiary/aromatic N) is 2. The standard InChI is InChI=1S/C22H21N3O3S/c1-16-13-20(28-22-19(14-23)9-6-12-24-22)10-11-21(16)25-29(26,27)15-17(2)18-7-4-3-5-8-18/h3-13,17,25H,15H2,1-2H3/t17-/m0/s1. The smallest absolute Gasteiger partial charge is 0.237 e. The lowest BCUT2D eigenvalue weighted by Crippen LogP contribution is -2.21. The summed E-state index contributed by atoms with van der Waals surface area (Å²) in [5.74, 6) is 0.525. The average Bonchev–Trinajstić information content (AvgIpc) is 2.70. The number of nitriles is 1. The van der Waals surface area contributed by atoms with Crippen LogP contribution in [0.3, 0.4) is 0 Å². The number of nitrogens with one attached hydrogen (secondary N) is 1. The highest BCUT2D eigenvalue weighted by atomic mass is 32.2. The number of anilines is 1. The fourth-order valence-corrected chi connectivity index (χ4v) is 4.40. The van der Waals surface area contributed by atoms with Gasteiger partial charge in [0.1, 0.15) is 17.4 Å². The van der Waals surface area contributed by atoms with E-state index in [-0.39, 0.29) is 17.6 Å². The Kier molecular flexibility index (Phi) is 6.15. The quantitative estimate of drug-likeness (QED) is 0.618. The van der Waals surface area contributed by atoms with Gasteiger partial charge in [0, 0.05) is 6.20 Å². The molecule has 1 heterocycles. The van der Waals surface area contributed by atoms with Crippen molar-refractivity contribution in [3.8, 4) is 17.7 Å². The van der Waals surface area contributed by atoms with Crippen LogP contribution in [0.25, 0.3) is 0 Å². The van der Waals surface area contributed by atoms with Gasteiger partial charge in [-0.25, -0.2) is 13.4 Å².